The maximum Gasteiger partial charge on any atom is 3.00 e. The van der Waals surface area contributed by atoms with Gasteiger partial charge in [-0.2, -0.15) is 0 Å². The molecule has 4 rings (SSSR count). The molecular formula is C35H29CrO6. The van der Waals surface area contributed by atoms with Gasteiger partial charge in [0.1, 0.15) is 0 Å². The maximum atomic E-state index is 11.8. The van der Waals surface area contributed by atoms with Crippen LogP contribution >= 0.6 is 0 Å². The molecule has 0 fully saturated rings. The van der Waals surface area contributed by atoms with Crippen LogP contribution in [-0.2, 0) is 22.2 Å². The minimum absolute atomic E-state index is 0. The number of benzene rings is 4. The van der Waals surface area contributed by atoms with Gasteiger partial charge in [0.25, 0.3) is 0 Å². The smallest absolute Gasteiger partial charge is 0.876 e. The summed E-state index contributed by atoms with van der Waals surface area (Å²) in [6, 6.07) is 35.0. The first kappa shape index (κ1) is 35.1. The molecule has 1 radical (unpaired) electrons. The van der Waals surface area contributed by atoms with E-state index in [1.54, 1.807) is 97.1 Å². The number of hydrogen-bond donors (Lipinski definition) is 0. The van der Waals surface area contributed by atoms with Crippen molar-refractivity contribution in [2.24, 2.45) is 0 Å². The van der Waals surface area contributed by atoms with Crippen molar-refractivity contribution in [3.8, 4) is 0 Å². The zero-order valence-electron chi connectivity index (χ0n) is 23.1. The first-order valence-electron chi connectivity index (χ1n) is 12.6. The van der Waals surface area contributed by atoms with Crippen LogP contribution in [0.25, 0.3) is 11.5 Å². The van der Waals surface area contributed by atoms with Crippen LogP contribution in [0.15, 0.2) is 145 Å². The summed E-state index contributed by atoms with van der Waals surface area (Å²) in [5.74, 6) is -1.43. The molecule has 0 aliphatic heterocycles. The van der Waals surface area contributed by atoms with Crippen molar-refractivity contribution in [2.75, 3.05) is 0 Å². The van der Waals surface area contributed by atoms with Crippen molar-refractivity contribution >= 4 is 28.9 Å². The van der Waals surface area contributed by atoms with Crippen LogP contribution in [0.2, 0.25) is 0 Å². The summed E-state index contributed by atoms with van der Waals surface area (Å²) in [7, 11) is 0. The van der Waals surface area contributed by atoms with Crippen molar-refractivity contribution in [1.29, 1.82) is 0 Å². The molecular weight excluding hydrogens is 568 g/mol. The predicted octanol–water partition coefficient (Wildman–Crippen LogP) is 4.38. The molecule has 0 amide bonds. The Hall–Kier alpha value is -4.96. The average molecular weight is 598 g/mol. The molecule has 6 nitrogen and oxygen atoms in total. The molecule has 0 spiro atoms. The summed E-state index contributed by atoms with van der Waals surface area (Å²) < 4.78 is 0. The Morgan fingerprint density at radius 1 is 0.452 bits per heavy atom. The Morgan fingerprint density at radius 2 is 0.714 bits per heavy atom. The van der Waals surface area contributed by atoms with E-state index in [2.05, 4.69) is 0 Å². The molecule has 0 bridgehead atoms. The van der Waals surface area contributed by atoms with Gasteiger partial charge in [-0.1, -0.05) is 140 Å². The number of rotatable bonds is 7. The Morgan fingerprint density at radius 3 is 0.929 bits per heavy atom. The van der Waals surface area contributed by atoms with Crippen LogP contribution in [0.5, 0.6) is 0 Å². The van der Waals surface area contributed by atoms with Gasteiger partial charge in [0, 0.05) is 11.1 Å². The third kappa shape index (κ3) is 13.4. The molecule has 211 valence electrons. The quantitative estimate of drug-likeness (QED) is 0.177. The fraction of sp³-hybridized carbons (Fsp3) is 0.0571. The first-order valence-corrected chi connectivity index (χ1v) is 12.6. The molecule has 42 heavy (non-hydrogen) atoms. The summed E-state index contributed by atoms with van der Waals surface area (Å²) >= 11 is 0. The van der Waals surface area contributed by atoms with E-state index in [0.717, 1.165) is 18.2 Å². The van der Waals surface area contributed by atoms with Crippen LogP contribution in [-0.4, -0.2) is 17.3 Å². The van der Waals surface area contributed by atoms with Gasteiger partial charge in [0.05, 0.1) is 0 Å². The van der Waals surface area contributed by atoms with E-state index < -0.39 is 0 Å². The zero-order chi connectivity index (χ0) is 30.0. The van der Waals surface area contributed by atoms with E-state index in [0.29, 0.717) is 22.3 Å². The van der Waals surface area contributed by atoms with E-state index in [4.69, 9.17) is 0 Å². The summed E-state index contributed by atoms with van der Waals surface area (Å²) in [6.07, 6.45) is 3.31. The third-order valence-electron chi connectivity index (χ3n) is 5.16. The summed E-state index contributed by atoms with van der Waals surface area (Å²) in [5.41, 5.74) is 2.10. The fourth-order valence-corrected chi connectivity index (χ4v) is 3.27. The topological polar surface area (TPSA) is 120 Å². The van der Waals surface area contributed by atoms with Crippen molar-refractivity contribution < 1.29 is 47.1 Å². The standard InChI is InChI=1S/2C15H12O2.C5H8O2.Cr/c2*16-14(12-7-3-1-4-8-12)11-15(17)13-9-5-2-6-10-13;1-4(6)3-5(2)7;/h2*1-11,16H;3,6H,1-2H3;/q;;;+3/p-3/b2*14-11-;4-3-;. The fourth-order valence-electron chi connectivity index (χ4n) is 3.27. The molecule has 4 aromatic rings. The van der Waals surface area contributed by atoms with Gasteiger partial charge >= 0.3 is 17.4 Å². The molecule has 0 aliphatic carbocycles. The number of allylic oxidation sites excluding steroid dienone is 4. The maximum absolute atomic E-state index is 11.8. The molecule has 0 aliphatic rings. The minimum Gasteiger partial charge on any atom is -0.876 e. The van der Waals surface area contributed by atoms with Crippen molar-refractivity contribution in [2.45, 2.75) is 13.8 Å². The Bertz CT molecular complexity index is 1390. The zero-order valence-corrected chi connectivity index (χ0v) is 24.4. The predicted molar refractivity (Wildman–Crippen MR) is 155 cm³/mol. The van der Waals surface area contributed by atoms with Gasteiger partial charge in [0.15, 0.2) is 17.3 Å². The molecule has 7 heteroatoms. The van der Waals surface area contributed by atoms with Crippen molar-refractivity contribution in [1.82, 2.24) is 0 Å². The second-order valence-corrected chi connectivity index (χ2v) is 8.58. The van der Waals surface area contributed by atoms with Gasteiger partial charge < -0.3 is 15.3 Å². The summed E-state index contributed by atoms with van der Waals surface area (Å²) in [4.78, 5) is 33.5. The van der Waals surface area contributed by atoms with Crippen LogP contribution in [0, 0.1) is 0 Å². The van der Waals surface area contributed by atoms with Crippen molar-refractivity contribution in [3.63, 3.8) is 0 Å². The number of hydrogen-bond acceptors (Lipinski definition) is 6. The Kier molecular flexibility index (Phi) is 16.0. The number of carbonyl (C=O) groups is 3. The van der Waals surface area contributed by atoms with Crippen LogP contribution in [0.4, 0.5) is 0 Å². The van der Waals surface area contributed by atoms with Gasteiger partial charge in [0.2, 0.25) is 0 Å². The van der Waals surface area contributed by atoms with E-state index in [1.807, 2.05) is 24.3 Å². The molecule has 0 atom stereocenters. The number of ketones is 3. The largest absolute Gasteiger partial charge is 3.00 e. The molecule has 0 unspecified atom stereocenters. The number of carbonyl (C=O) groups excluding carboxylic acids is 3. The van der Waals surface area contributed by atoms with E-state index in [-0.39, 0.29) is 52.0 Å². The van der Waals surface area contributed by atoms with Gasteiger partial charge in [-0.25, -0.2) is 0 Å². The molecule has 0 aromatic heterocycles. The second kappa shape index (κ2) is 19.2. The van der Waals surface area contributed by atoms with Gasteiger partial charge in [-0.05, 0) is 36.3 Å². The molecule has 0 saturated carbocycles. The average Bonchev–Trinajstić information content (AvgIpc) is 2.99. The normalized spacial score (nSPS) is 11.0. The second-order valence-electron chi connectivity index (χ2n) is 8.58. The van der Waals surface area contributed by atoms with Crippen LogP contribution in [0.3, 0.4) is 0 Å². The van der Waals surface area contributed by atoms with Crippen LogP contribution in [0.1, 0.15) is 45.7 Å². The SMILES string of the molecule is CC(=O)/C=C(/C)[O-].O=C(/C=C(\[O-])c1ccccc1)c1ccccc1.O=C(/C=C(\[O-])c1ccccc1)c1ccccc1.[Cr+3]. The first-order chi connectivity index (χ1) is 19.7. The van der Waals surface area contributed by atoms with E-state index in [1.165, 1.54) is 13.8 Å². The van der Waals surface area contributed by atoms with E-state index in [9.17, 15) is 29.7 Å². The van der Waals surface area contributed by atoms with E-state index >= 15 is 0 Å². The minimum atomic E-state index is -0.264. The molecule has 0 heterocycles. The third-order valence-corrected chi connectivity index (χ3v) is 5.16. The molecule has 0 N–H and O–H groups in total. The molecule has 0 saturated heterocycles. The summed E-state index contributed by atoms with van der Waals surface area (Å²) in [6.45, 7) is 2.70. The van der Waals surface area contributed by atoms with Crippen molar-refractivity contribution in [3.05, 3.63) is 168 Å². The molecule has 4 aromatic carbocycles. The van der Waals surface area contributed by atoms with Crippen LogP contribution < -0.4 is 15.3 Å². The van der Waals surface area contributed by atoms with Gasteiger partial charge in [-0.15, -0.1) is 5.76 Å². The summed E-state index contributed by atoms with van der Waals surface area (Å²) in [5, 5.41) is 33.5. The van der Waals surface area contributed by atoms with Gasteiger partial charge in [-0.3, -0.25) is 14.4 Å². The Labute approximate surface area is 256 Å². The monoisotopic (exact) mass is 597 g/mol. The Balaban J connectivity index is 0.000000338.